The van der Waals surface area contributed by atoms with Gasteiger partial charge in [-0.1, -0.05) is 6.42 Å². The maximum atomic E-state index is 11.0. The zero-order valence-corrected chi connectivity index (χ0v) is 9.21. The van der Waals surface area contributed by atoms with E-state index in [-0.39, 0.29) is 0 Å². The third-order valence-corrected chi connectivity index (χ3v) is 3.29. The quantitative estimate of drug-likeness (QED) is 0.680. The van der Waals surface area contributed by atoms with Crippen LogP contribution < -0.4 is 5.32 Å². The van der Waals surface area contributed by atoms with Crippen LogP contribution in [0.25, 0.3) is 0 Å². The van der Waals surface area contributed by atoms with Crippen LogP contribution >= 0.6 is 0 Å². The highest BCUT2D eigenvalue weighted by Crippen LogP contribution is 2.24. The summed E-state index contributed by atoms with van der Waals surface area (Å²) in [6.07, 6.45) is 3.68. The number of aliphatic carboxylic acids is 1. The lowest BCUT2D eigenvalue weighted by Gasteiger charge is -2.39. The Morgan fingerprint density at radius 3 is 2.50 bits per heavy atom. The van der Waals surface area contributed by atoms with Gasteiger partial charge in [0.2, 0.25) is 0 Å². The summed E-state index contributed by atoms with van der Waals surface area (Å²) in [7, 11) is 3.70. The van der Waals surface area contributed by atoms with Gasteiger partial charge in [0.05, 0.1) is 0 Å². The van der Waals surface area contributed by atoms with Crippen molar-refractivity contribution in [3.63, 3.8) is 0 Å². The molecule has 4 heteroatoms. The van der Waals surface area contributed by atoms with Gasteiger partial charge in [-0.25, -0.2) is 0 Å². The molecule has 1 rings (SSSR count). The van der Waals surface area contributed by atoms with Crippen molar-refractivity contribution < 1.29 is 9.90 Å². The van der Waals surface area contributed by atoms with Crippen LogP contribution in [0.5, 0.6) is 0 Å². The summed E-state index contributed by atoms with van der Waals surface area (Å²) in [5.41, 5.74) is -0.829. The molecule has 1 unspecified atom stereocenters. The van der Waals surface area contributed by atoms with Crippen molar-refractivity contribution in [3.8, 4) is 0 Å². The summed E-state index contributed by atoms with van der Waals surface area (Å²) in [5, 5.41) is 11.9. The molecule has 82 valence electrons. The molecule has 0 saturated heterocycles. The minimum Gasteiger partial charge on any atom is -0.480 e. The van der Waals surface area contributed by atoms with E-state index in [0.29, 0.717) is 12.6 Å². The Bertz CT molecular complexity index is 216. The summed E-state index contributed by atoms with van der Waals surface area (Å²) in [6.45, 7) is 2.29. The molecule has 1 aliphatic carbocycles. The number of nitrogens with one attached hydrogen (secondary N) is 1. The fourth-order valence-corrected chi connectivity index (χ4v) is 1.71. The Morgan fingerprint density at radius 1 is 1.64 bits per heavy atom. The Balaban J connectivity index is 2.50. The summed E-state index contributed by atoms with van der Waals surface area (Å²) >= 11 is 0. The average Bonchev–Trinajstić information content (AvgIpc) is 2.00. The molecule has 2 N–H and O–H groups in total. The molecule has 14 heavy (non-hydrogen) atoms. The SMILES string of the molecule is CNC(C)(CN(C)C1CCC1)C(=O)O. The fourth-order valence-electron chi connectivity index (χ4n) is 1.71. The topological polar surface area (TPSA) is 52.6 Å². The van der Waals surface area contributed by atoms with Crippen LogP contribution in [0.3, 0.4) is 0 Å². The maximum absolute atomic E-state index is 11.0. The third-order valence-electron chi connectivity index (χ3n) is 3.29. The van der Waals surface area contributed by atoms with Gasteiger partial charge in [0.15, 0.2) is 0 Å². The van der Waals surface area contributed by atoms with Gasteiger partial charge in [0.25, 0.3) is 0 Å². The second-order valence-electron chi connectivity index (χ2n) is 4.39. The second-order valence-corrected chi connectivity index (χ2v) is 4.39. The first-order valence-corrected chi connectivity index (χ1v) is 5.12. The molecule has 0 spiro atoms. The summed E-state index contributed by atoms with van der Waals surface area (Å²) in [6, 6.07) is 0.585. The van der Waals surface area contributed by atoms with Crippen LogP contribution in [0.15, 0.2) is 0 Å². The van der Waals surface area contributed by atoms with Crippen LogP contribution in [-0.2, 0) is 4.79 Å². The van der Waals surface area contributed by atoms with Crippen LogP contribution in [0.2, 0.25) is 0 Å². The van der Waals surface area contributed by atoms with Gasteiger partial charge < -0.3 is 15.3 Å². The molecule has 1 saturated carbocycles. The predicted octanol–water partition coefficient (Wildman–Crippen LogP) is 0.533. The van der Waals surface area contributed by atoms with Gasteiger partial charge in [-0.3, -0.25) is 4.79 Å². The molecule has 1 fully saturated rings. The van der Waals surface area contributed by atoms with Gasteiger partial charge in [-0.15, -0.1) is 0 Å². The first-order chi connectivity index (χ1) is 6.49. The van der Waals surface area contributed by atoms with Crippen molar-refractivity contribution >= 4 is 5.97 Å². The highest BCUT2D eigenvalue weighted by molar-refractivity contribution is 5.78. The number of carboxylic acids is 1. The molecule has 0 radical (unpaired) electrons. The standard InChI is InChI=1S/C10H20N2O2/c1-10(11-2,9(13)14)7-12(3)8-5-4-6-8/h8,11H,4-7H2,1-3H3,(H,13,14). The van der Waals surface area contributed by atoms with E-state index >= 15 is 0 Å². The van der Waals surface area contributed by atoms with Crippen molar-refractivity contribution in [1.29, 1.82) is 0 Å². The number of likely N-dealkylation sites (N-methyl/N-ethyl adjacent to an activating group) is 2. The monoisotopic (exact) mass is 200 g/mol. The molecular formula is C10H20N2O2. The van der Waals surface area contributed by atoms with Crippen molar-refractivity contribution in [3.05, 3.63) is 0 Å². The molecule has 0 aromatic heterocycles. The minimum atomic E-state index is -0.829. The van der Waals surface area contributed by atoms with Crippen molar-refractivity contribution in [1.82, 2.24) is 10.2 Å². The highest BCUT2D eigenvalue weighted by Gasteiger charge is 2.35. The Hall–Kier alpha value is -0.610. The maximum Gasteiger partial charge on any atom is 0.324 e. The lowest BCUT2D eigenvalue weighted by Crippen LogP contribution is -2.57. The summed E-state index contributed by atoms with van der Waals surface area (Å²) in [5.74, 6) is -0.786. The van der Waals surface area contributed by atoms with E-state index < -0.39 is 11.5 Å². The zero-order chi connectivity index (χ0) is 10.8. The van der Waals surface area contributed by atoms with E-state index in [1.807, 2.05) is 7.05 Å². The van der Waals surface area contributed by atoms with Crippen molar-refractivity contribution in [2.24, 2.45) is 0 Å². The number of carboxylic acid groups (broad SMARTS) is 1. The van der Waals surface area contributed by atoms with Crippen molar-refractivity contribution in [2.75, 3.05) is 20.6 Å². The van der Waals surface area contributed by atoms with Gasteiger partial charge in [-0.2, -0.15) is 0 Å². The number of hydrogen-bond acceptors (Lipinski definition) is 3. The molecule has 0 aromatic carbocycles. The van der Waals surface area contributed by atoms with E-state index in [1.165, 1.54) is 19.3 Å². The summed E-state index contributed by atoms with van der Waals surface area (Å²) < 4.78 is 0. The fraction of sp³-hybridized carbons (Fsp3) is 0.900. The molecule has 0 amide bonds. The minimum absolute atomic E-state index is 0.559. The van der Waals surface area contributed by atoms with E-state index in [0.717, 1.165) is 0 Å². The third kappa shape index (κ3) is 2.25. The van der Waals surface area contributed by atoms with Gasteiger partial charge in [0.1, 0.15) is 5.54 Å². The molecule has 0 bridgehead atoms. The first-order valence-electron chi connectivity index (χ1n) is 5.12. The molecule has 4 nitrogen and oxygen atoms in total. The van der Waals surface area contributed by atoms with E-state index in [1.54, 1.807) is 14.0 Å². The van der Waals surface area contributed by atoms with E-state index in [9.17, 15) is 4.79 Å². The smallest absolute Gasteiger partial charge is 0.324 e. The molecule has 1 atom stereocenters. The van der Waals surface area contributed by atoms with Crippen LogP contribution in [0.4, 0.5) is 0 Å². The molecular weight excluding hydrogens is 180 g/mol. The second kappa shape index (κ2) is 4.28. The van der Waals surface area contributed by atoms with Crippen LogP contribution in [-0.4, -0.2) is 48.2 Å². The highest BCUT2D eigenvalue weighted by atomic mass is 16.4. The number of hydrogen-bond donors (Lipinski definition) is 2. The first kappa shape index (κ1) is 11.5. The van der Waals surface area contributed by atoms with E-state index in [2.05, 4.69) is 10.2 Å². The average molecular weight is 200 g/mol. The number of carbonyl (C=O) groups is 1. The Morgan fingerprint density at radius 2 is 2.21 bits per heavy atom. The normalized spacial score (nSPS) is 21.7. The molecule has 0 aliphatic heterocycles. The lowest BCUT2D eigenvalue weighted by molar-refractivity contribution is -0.145. The predicted molar refractivity (Wildman–Crippen MR) is 55.4 cm³/mol. The van der Waals surface area contributed by atoms with Gasteiger partial charge >= 0.3 is 5.97 Å². The lowest BCUT2D eigenvalue weighted by atomic mass is 9.90. The number of nitrogens with zero attached hydrogens (tertiary/aromatic N) is 1. The van der Waals surface area contributed by atoms with Crippen LogP contribution in [0, 0.1) is 0 Å². The zero-order valence-electron chi connectivity index (χ0n) is 9.21. The largest absolute Gasteiger partial charge is 0.480 e. The van der Waals surface area contributed by atoms with Gasteiger partial charge in [-0.05, 0) is 33.9 Å². The Kier molecular flexibility index (Phi) is 3.50. The molecule has 0 heterocycles. The Labute approximate surface area is 85.3 Å². The van der Waals surface area contributed by atoms with E-state index in [4.69, 9.17) is 5.11 Å². The molecule has 1 aliphatic rings. The molecule has 0 aromatic rings. The van der Waals surface area contributed by atoms with Crippen LogP contribution in [0.1, 0.15) is 26.2 Å². The summed E-state index contributed by atoms with van der Waals surface area (Å²) in [4.78, 5) is 13.2. The van der Waals surface area contributed by atoms with Crippen molar-refractivity contribution in [2.45, 2.75) is 37.8 Å². The number of rotatable bonds is 5. The van der Waals surface area contributed by atoms with Gasteiger partial charge in [0, 0.05) is 12.6 Å².